The average Bonchev–Trinajstić information content (AvgIpc) is 2.95. The molecule has 3 heterocycles. The lowest BCUT2D eigenvalue weighted by atomic mass is 9.81. The Hall–Kier alpha value is -2.60. The van der Waals surface area contributed by atoms with Crippen LogP contribution in [0.2, 0.25) is 0 Å². The van der Waals surface area contributed by atoms with E-state index in [1.54, 1.807) is 6.20 Å². The van der Waals surface area contributed by atoms with Crippen LogP contribution in [-0.2, 0) is 16.1 Å². The summed E-state index contributed by atoms with van der Waals surface area (Å²) in [4.78, 5) is 22.6. The molecule has 1 amide bonds. The van der Waals surface area contributed by atoms with Crippen LogP contribution < -0.4 is 15.1 Å². The highest BCUT2D eigenvalue weighted by Gasteiger charge is 2.32. The van der Waals surface area contributed by atoms with Crippen molar-refractivity contribution in [3.63, 3.8) is 0 Å². The lowest BCUT2D eigenvalue weighted by Crippen LogP contribution is -2.38. The summed E-state index contributed by atoms with van der Waals surface area (Å²) in [5, 5.41) is 3.48. The predicted octanol–water partition coefficient (Wildman–Crippen LogP) is 4.33. The first kappa shape index (κ1) is 19.4. The summed E-state index contributed by atoms with van der Waals surface area (Å²) < 4.78 is 5.52. The molecular weight excluding hydrogens is 376 g/mol. The number of carbonyl (C=O) groups is 1. The zero-order chi connectivity index (χ0) is 20.5. The van der Waals surface area contributed by atoms with Gasteiger partial charge in [-0.15, -0.1) is 0 Å². The zero-order valence-electron chi connectivity index (χ0n) is 17.6. The molecular formula is C24H30N4O2. The molecule has 30 heavy (non-hydrogen) atoms. The number of aromatic nitrogens is 1. The second kappa shape index (κ2) is 8.26. The van der Waals surface area contributed by atoms with E-state index in [9.17, 15) is 4.79 Å². The highest BCUT2D eigenvalue weighted by molar-refractivity contribution is 6.00. The SMILES string of the molecule is C[C@@H]1CCCC(C(=O)N2Cc3cccnc3Nc3ccc(N4CCOCC4)cc32)C1. The minimum Gasteiger partial charge on any atom is -0.378 e. The Balaban J connectivity index is 1.53. The summed E-state index contributed by atoms with van der Waals surface area (Å²) in [6, 6.07) is 10.4. The van der Waals surface area contributed by atoms with Gasteiger partial charge >= 0.3 is 0 Å². The molecule has 1 aliphatic carbocycles. The lowest BCUT2D eigenvalue weighted by Gasteiger charge is -2.33. The molecule has 1 saturated carbocycles. The first-order valence-corrected chi connectivity index (χ1v) is 11.2. The lowest BCUT2D eigenvalue weighted by molar-refractivity contribution is -0.123. The third-order valence-corrected chi connectivity index (χ3v) is 6.67. The molecule has 0 radical (unpaired) electrons. The highest BCUT2D eigenvalue weighted by Crippen LogP contribution is 2.40. The summed E-state index contributed by atoms with van der Waals surface area (Å²) in [5.74, 6) is 1.81. The van der Waals surface area contributed by atoms with E-state index in [0.717, 1.165) is 74.0 Å². The molecule has 1 saturated heterocycles. The molecule has 0 bridgehead atoms. The Morgan fingerprint density at radius 3 is 2.90 bits per heavy atom. The first-order chi connectivity index (χ1) is 14.7. The van der Waals surface area contributed by atoms with Gasteiger partial charge in [-0.2, -0.15) is 0 Å². The molecule has 2 aromatic rings. The Morgan fingerprint density at radius 1 is 1.20 bits per heavy atom. The number of fused-ring (bicyclic) bond motifs is 2. The third-order valence-electron chi connectivity index (χ3n) is 6.67. The third kappa shape index (κ3) is 3.76. The van der Waals surface area contributed by atoms with Crippen LogP contribution in [0.15, 0.2) is 36.5 Å². The van der Waals surface area contributed by atoms with Gasteiger partial charge in [-0.3, -0.25) is 4.79 Å². The van der Waals surface area contributed by atoms with Gasteiger partial charge in [0, 0.05) is 36.5 Å². The number of nitrogens with zero attached hydrogens (tertiary/aromatic N) is 3. The van der Waals surface area contributed by atoms with Gasteiger partial charge in [0.1, 0.15) is 5.82 Å². The van der Waals surface area contributed by atoms with Gasteiger partial charge in [-0.1, -0.05) is 25.8 Å². The minimum absolute atomic E-state index is 0.104. The molecule has 6 heteroatoms. The molecule has 3 aliphatic rings. The Morgan fingerprint density at radius 2 is 2.07 bits per heavy atom. The number of hydrogen-bond acceptors (Lipinski definition) is 5. The molecule has 1 aromatic heterocycles. The van der Waals surface area contributed by atoms with Crippen molar-refractivity contribution in [1.82, 2.24) is 4.98 Å². The van der Waals surface area contributed by atoms with E-state index >= 15 is 0 Å². The molecule has 2 fully saturated rings. The van der Waals surface area contributed by atoms with Gasteiger partial charge in [0.2, 0.25) is 5.91 Å². The standard InChI is InChI=1S/C24H30N4O2/c1-17-4-2-5-18(14-17)24(29)28-16-19-6-3-9-25-23(19)26-21-8-7-20(15-22(21)28)27-10-12-30-13-11-27/h3,6-9,15,17-18H,2,4-5,10-14,16H2,1H3,(H,25,26)/t17-,18?/m1/s1. The van der Waals surface area contributed by atoms with Crippen LogP contribution in [0.5, 0.6) is 0 Å². The topological polar surface area (TPSA) is 57.7 Å². The van der Waals surface area contributed by atoms with Crippen molar-refractivity contribution in [2.24, 2.45) is 11.8 Å². The van der Waals surface area contributed by atoms with Gasteiger partial charge < -0.3 is 19.9 Å². The molecule has 6 nitrogen and oxygen atoms in total. The molecule has 0 spiro atoms. The van der Waals surface area contributed by atoms with Crippen molar-refractivity contribution >= 4 is 28.8 Å². The summed E-state index contributed by atoms with van der Waals surface area (Å²) in [5.41, 5.74) is 4.10. The molecule has 2 aliphatic heterocycles. The van der Waals surface area contributed by atoms with E-state index in [1.807, 2.05) is 11.0 Å². The molecule has 1 N–H and O–H groups in total. The van der Waals surface area contributed by atoms with Gasteiger partial charge in [-0.25, -0.2) is 4.98 Å². The van der Waals surface area contributed by atoms with Crippen molar-refractivity contribution in [1.29, 1.82) is 0 Å². The fourth-order valence-corrected chi connectivity index (χ4v) is 5.00. The van der Waals surface area contributed by atoms with Crippen LogP contribution in [0, 0.1) is 11.8 Å². The average molecular weight is 407 g/mol. The zero-order valence-corrected chi connectivity index (χ0v) is 17.6. The molecule has 1 aromatic carbocycles. The van der Waals surface area contributed by atoms with Crippen LogP contribution in [0.25, 0.3) is 0 Å². The summed E-state index contributed by atoms with van der Waals surface area (Å²) in [6.07, 6.45) is 6.15. The van der Waals surface area contributed by atoms with Gasteiger partial charge in [-0.05, 0) is 43.0 Å². The highest BCUT2D eigenvalue weighted by atomic mass is 16.5. The molecule has 158 valence electrons. The van der Waals surface area contributed by atoms with Gasteiger partial charge in [0.25, 0.3) is 0 Å². The number of benzene rings is 1. The number of hydrogen-bond donors (Lipinski definition) is 1. The van der Waals surface area contributed by atoms with E-state index in [0.29, 0.717) is 12.5 Å². The maximum atomic E-state index is 13.8. The second-order valence-corrected chi connectivity index (χ2v) is 8.83. The number of rotatable bonds is 2. The van der Waals surface area contributed by atoms with Gasteiger partial charge in [0.05, 0.1) is 31.1 Å². The maximum absolute atomic E-state index is 13.8. The number of amides is 1. The van der Waals surface area contributed by atoms with Crippen LogP contribution in [0.1, 0.15) is 38.2 Å². The van der Waals surface area contributed by atoms with Crippen LogP contribution >= 0.6 is 0 Å². The molecule has 2 atom stereocenters. The van der Waals surface area contributed by atoms with E-state index in [4.69, 9.17) is 4.74 Å². The van der Waals surface area contributed by atoms with Crippen molar-refractivity contribution in [2.45, 2.75) is 39.2 Å². The minimum atomic E-state index is 0.104. The Bertz CT molecular complexity index is 925. The van der Waals surface area contributed by atoms with E-state index in [1.165, 1.54) is 6.42 Å². The summed E-state index contributed by atoms with van der Waals surface area (Å²) in [7, 11) is 0. The number of carbonyl (C=O) groups excluding carboxylic acids is 1. The molecule has 5 rings (SSSR count). The van der Waals surface area contributed by atoms with Gasteiger partial charge in [0.15, 0.2) is 0 Å². The quantitative estimate of drug-likeness (QED) is 0.804. The van der Waals surface area contributed by atoms with Crippen LogP contribution in [0.3, 0.4) is 0 Å². The number of ether oxygens (including phenoxy) is 1. The van der Waals surface area contributed by atoms with Crippen molar-refractivity contribution in [3.05, 3.63) is 42.1 Å². The fourth-order valence-electron chi connectivity index (χ4n) is 5.00. The van der Waals surface area contributed by atoms with Crippen molar-refractivity contribution in [3.8, 4) is 0 Å². The number of anilines is 4. The predicted molar refractivity (Wildman–Crippen MR) is 119 cm³/mol. The largest absolute Gasteiger partial charge is 0.378 e. The van der Waals surface area contributed by atoms with E-state index < -0.39 is 0 Å². The smallest absolute Gasteiger partial charge is 0.230 e. The summed E-state index contributed by atoms with van der Waals surface area (Å²) >= 11 is 0. The van der Waals surface area contributed by atoms with Crippen molar-refractivity contribution in [2.75, 3.05) is 41.4 Å². The van der Waals surface area contributed by atoms with Crippen molar-refractivity contribution < 1.29 is 9.53 Å². The van der Waals surface area contributed by atoms with E-state index in [-0.39, 0.29) is 11.8 Å². The number of nitrogens with one attached hydrogen (secondary N) is 1. The van der Waals surface area contributed by atoms with Crippen LogP contribution in [0.4, 0.5) is 22.9 Å². The van der Waals surface area contributed by atoms with Crippen LogP contribution in [-0.4, -0.2) is 37.2 Å². The Labute approximate surface area is 178 Å². The number of morpholine rings is 1. The maximum Gasteiger partial charge on any atom is 0.230 e. The number of pyridine rings is 1. The fraction of sp³-hybridized carbons (Fsp3) is 0.500. The first-order valence-electron chi connectivity index (χ1n) is 11.2. The second-order valence-electron chi connectivity index (χ2n) is 8.83. The van der Waals surface area contributed by atoms with E-state index in [2.05, 4.69) is 46.4 Å². The monoisotopic (exact) mass is 406 g/mol. The Kier molecular flexibility index (Phi) is 5.34. The molecule has 1 unspecified atom stereocenters. The normalized spacial score (nSPS) is 23.8. The summed E-state index contributed by atoms with van der Waals surface area (Å²) in [6.45, 7) is 6.07.